The number of nitrogens with one attached hydrogen (secondary N) is 2. The van der Waals surface area contributed by atoms with Crippen LogP contribution in [0.2, 0.25) is 5.02 Å². The van der Waals surface area contributed by atoms with Gasteiger partial charge in [-0.1, -0.05) is 23.7 Å². The SMILES string of the molecule is O=C(NNC(=O)c1csc(-c2ccc(Cl)cc2)n1)c1ccc(S(=O)(=O)N2CCCC2)cc1. The first-order valence-electron chi connectivity index (χ1n) is 9.77. The highest BCUT2D eigenvalue weighted by Crippen LogP contribution is 2.25. The summed E-state index contributed by atoms with van der Waals surface area (Å²) in [6.07, 6.45) is 1.69. The van der Waals surface area contributed by atoms with E-state index in [-0.39, 0.29) is 16.2 Å². The molecular formula is C21H19ClN4O4S2. The number of amides is 2. The molecule has 0 atom stereocenters. The minimum atomic E-state index is -3.55. The molecule has 4 rings (SSSR count). The molecule has 0 aliphatic carbocycles. The summed E-state index contributed by atoms with van der Waals surface area (Å²) < 4.78 is 26.6. The number of rotatable bonds is 5. The predicted octanol–water partition coefficient (Wildman–Crippen LogP) is 3.32. The molecule has 166 valence electrons. The zero-order chi connectivity index (χ0) is 22.7. The minimum absolute atomic E-state index is 0.136. The number of hydrazine groups is 1. The van der Waals surface area contributed by atoms with Crippen molar-refractivity contribution in [1.82, 2.24) is 20.1 Å². The lowest BCUT2D eigenvalue weighted by molar-refractivity contribution is 0.0844. The molecule has 0 bridgehead atoms. The summed E-state index contributed by atoms with van der Waals surface area (Å²) in [5, 5.41) is 2.84. The second-order valence-electron chi connectivity index (χ2n) is 7.09. The number of halogens is 1. The van der Waals surface area contributed by atoms with Gasteiger partial charge >= 0.3 is 0 Å². The number of aromatic nitrogens is 1. The van der Waals surface area contributed by atoms with E-state index in [4.69, 9.17) is 11.6 Å². The van der Waals surface area contributed by atoms with Gasteiger partial charge < -0.3 is 0 Å². The van der Waals surface area contributed by atoms with Crippen molar-refractivity contribution in [2.45, 2.75) is 17.7 Å². The summed E-state index contributed by atoms with van der Waals surface area (Å²) in [5.74, 6) is -1.14. The average molecular weight is 491 g/mol. The number of thiazole rings is 1. The Morgan fingerprint density at radius 2 is 1.56 bits per heavy atom. The van der Waals surface area contributed by atoms with Gasteiger partial charge in [0.1, 0.15) is 10.7 Å². The van der Waals surface area contributed by atoms with Gasteiger partial charge in [-0.25, -0.2) is 13.4 Å². The van der Waals surface area contributed by atoms with Crippen LogP contribution in [0.1, 0.15) is 33.7 Å². The van der Waals surface area contributed by atoms with Crippen LogP contribution in [0.4, 0.5) is 0 Å². The lowest BCUT2D eigenvalue weighted by Gasteiger charge is -2.15. The molecule has 11 heteroatoms. The molecule has 2 amide bonds. The molecule has 2 N–H and O–H groups in total. The first kappa shape index (κ1) is 22.4. The van der Waals surface area contributed by atoms with Crippen molar-refractivity contribution in [3.8, 4) is 10.6 Å². The first-order valence-corrected chi connectivity index (χ1v) is 12.5. The molecule has 0 radical (unpaired) electrons. The Hall–Kier alpha value is -2.79. The van der Waals surface area contributed by atoms with Gasteiger partial charge in [0, 0.05) is 34.6 Å². The first-order chi connectivity index (χ1) is 15.3. The third-order valence-electron chi connectivity index (χ3n) is 4.94. The molecule has 0 spiro atoms. The Kier molecular flexibility index (Phi) is 6.56. The van der Waals surface area contributed by atoms with Gasteiger partial charge in [0.2, 0.25) is 10.0 Å². The molecule has 1 fully saturated rings. The summed E-state index contributed by atoms with van der Waals surface area (Å²) in [4.78, 5) is 29.1. The van der Waals surface area contributed by atoms with E-state index < -0.39 is 21.8 Å². The fourth-order valence-electron chi connectivity index (χ4n) is 3.21. The summed E-state index contributed by atoms with van der Waals surface area (Å²) in [6, 6.07) is 12.7. The lowest BCUT2D eigenvalue weighted by atomic mass is 10.2. The van der Waals surface area contributed by atoms with E-state index in [9.17, 15) is 18.0 Å². The van der Waals surface area contributed by atoms with Crippen LogP contribution in [-0.4, -0.2) is 42.6 Å². The maximum Gasteiger partial charge on any atom is 0.289 e. The van der Waals surface area contributed by atoms with Crippen LogP contribution in [-0.2, 0) is 10.0 Å². The van der Waals surface area contributed by atoms with Gasteiger partial charge in [-0.2, -0.15) is 4.31 Å². The Morgan fingerprint density at radius 3 is 2.22 bits per heavy atom. The highest BCUT2D eigenvalue weighted by atomic mass is 35.5. The van der Waals surface area contributed by atoms with Crippen molar-refractivity contribution in [3.63, 3.8) is 0 Å². The van der Waals surface area contributed by atoms with Crippen molar-refractivity contribution in [2.75, 3.05) is 13.1 Å². The summed E-state index contributed by atoms with van der Waals surface area (Å²) in [5.41, 5.74) is 5.83. The molecule has 32 heavy (non-hydrogen) atoms. The number of sulfonamides is 1. The maximum atomic E-state index is 12.6. The van der Waals surface area contributed by atoms with Crippen LogP contribution in [0, 0.1) is 0 Å². The minimum Gasteiger partial charge on any atom is -0.267 e. The third kappa shape index (κ3) is 4.83. The number of hydrogen-bond donors (Lipinski definition) is 2. The van der Waals surface area contributed by atoms with Crippen LogP contribution >= 0.6 is 22.9 Å². The van der Waals surface area contributed by atoms with E-state index in [1.807, 2.05) is 0 Å². The monoisotopic (exact) mass is 490 g/mol. The molecule has 1 aliphatic heterocycles. The largest absolute Gasteiger partial charge is 0.289 e. The van der Waals surface area contributed by atoms with Crippen LogP contribution < -0.4 is 10.9 Å². The van der Waals surface area contributed by atoms with E-state index in [1.165, 1.54) is 39.9 Å². The maximum absolute atomic E-state index is 12.6. The molecule has 0 unspecified atom stereocenters. The second-order valence-corrected chi connectivity index (χ2v) is 10.3. The van der Waals surface area contributed by atoms with Crippen LogP contribution in [0.3, 0.4) is 0 Å². The smallest absolute Gasteiger partial charge is 0.267 e. The third-order valence-corrected chi connectivity index (χ3v) is 7.99. The van der Waals surface area contributed by atoms with E-state index >= 15 is 0 Å². The van der Waals surface area contributed by atoms with Crippen LogP contribution in [0.25, 0.3) is 10.6 Å². The summed E-state index contributed by atoms with van der Waals surface area (Å²) >= 11 is 7.18. The topological polar surface area (TPSA) is 108 Å². The molecule has 1 aromatic heterocycles. The number of carbonyl (C=O) groups excluding carboxylic acids is 2. The van der Waals surface area contributed by atoms with E-state index in [2.05, 4.69) is 15.8 Å². The molecule has 8 nitrogen and oxygen atoms in total. The Morgan fingerprint density at radius 1 is 0.938 bits per heavy atom. The number of carbonyl (C=O) groups is 2. The molecule has 2 heterocycles. The Bertz CT molecular complexity index is 1240. The predicted molar refractivity (Wildman–Crippen MR) is 122 cm³/mol. The van der Waals surface area contributed by atoms with Crippen LogP contribution in [0.5, 0.6) is 0 Å². The van der Waals surface area contributed by atoms with E-state index in [0.29, 0.717) is 23.1 Å². The highest BCUT2D eigenvalue weighted by molar-refractivity contribution is 7.89. The summed E-state index contributed by atoms with van der Waals surface area (Å²) in [7, 11) is -3.55. The van der Waals surface area contributed by atoms with Crippen molar-refractivity contribution in [3.05, 3.63) is 70.2 Å². The Labute approximate surface area is 194 Å². The van der Waals surface area contributed by atoms with E-state index in [1.54, 1.807) is 29.6 Å². The standard InChI is InChI=1S/C21H19ClN4O4S2/c22-16-7-3-15(4-8-16)21-23-18(13-31-21)20(28)25-24-19(27)14-5-9-17(10-6-14)32(29,30)26-11-1-2-12-26/h3-10,13H,1-2,11-12H2,(H,24,27)(H,25,28). The Balaban J connectivity index is 1.36. The molecule has 1 saturated heterocycles. The number of nitrogens with zero attached hydrogens (tertiary/aromatic N) is 2. The van der Waals surface area contributed by atoms with Crippen LogP contribution in [0.15, 0.2) is 58.8 Å². The molecule has 1 aliphatic rings. The number of benzene rings is 2. The molecule has 2 aromatic carbocycles. The lowest BCUT2D eigenvalue weighted by Crippen LogP contribution is -2.41. The fraction of sp³-hybridized carbons (Fsp3) is 0.190. The van der Waals surface area contributed by atoms with Gasteiger partial charge in [0.25, 0.3) is 11.8 Å². The molecule has 3 aromatic rings. The quantitative estimate of drug-likeness (QED) is 0.533. The van der Waals surface area contributed by atoms with Gasteiger partial charge in [0.15, 0.2) is 0 Å². The van der Waals surface area contributed by atoms with Gasteiger partial charge in [-0.05, 0) is 49.2 Å². The van der Waals surface area contributed by atoms with Gasteiger partial charge in [-0.3, -0.25) is 20.4 Å². The van der Waals surface area contributed by atoms with Crippen molar-refractivity contribution < 1.29 is 18.0 Å². The summed E-state index contributed by atoms with van der Waals surface area (Å²) in [6.45, 7) is 1.01. The fourth-order valence-corrected chi connectivity index (χ4v) is 5.66. The van der Waals surface area contributed by atoms with Crippen molar-refractivity contribution in [2.24, 2.45) is 0 Å². The highest BCUT2D eigenvalue weighted by Gasteiger charge is 2.27. The zero-order valence-corrected chi connectivity index (χ0v) is 19.1. The molecular weight excluding hydrogens is 472 g/mol. The number of hydrogen-bond acceptors (Lipinski definition) is 6. The van der Waals surface area contributed by atoms with Gasteiger partial charge in [0.05, 0.1) is 4.90 Å². The van der Waals surface area contributed by atoms with Crippen molar-refractivity contribution in [1.29, 1.82) is 0 Å². The van der Waals surface area contributed by atoms with Gasteiger partial charge in [-0.15, -0.1) is 11.3 Å². The zero-order valence-electron chi connectivity index (χ0n) is 16.7. The van der Waals surface area contributed by atoms with E-state index in [0.717, 1.165) is 18.4 Å². The normalized spacial score (nSPS) is 14.3. The average Bonchev–Trinajstić information content (AvgIpc) is 3.51. The van der Waals surface area contributed by atoms with Crippen molar-refractivity contribution >= 4 is 44.8 Å². The second kappa shape index (κ2) is 9.37. The molecule has 0 saturated carbocycles.